The predicted octanol–water partition coefficient (Wildman–Crippen LogP) is 5.14. The first-order valence-electron chi connectivity index (χ1n) is 10.5. The van der Waals surface area contributed by atoms with Gasteiger partial charge in [-0.3, -0.25) is 0 Å². The quantitative estimate of drug-likeness (QED) is 0.729. The van der Waals surface area contributed by atoms with Crippen molar-refractivity contribution in [2.24, 2.45) is 5.92 Å². The number of fused-ring (bicyclic) bond motifs is 2. The summed E-state index contributed by atoms with van der Waals surface area (Å²) < 4.78 is 50.5. The van der Waals surface area contributed by atoms with Crippen LogP contribution >= 0.6 is 0 Å². The lowest BCUT2D eigenvalue weighted by molar-refractivity contribution is -0.265. The van der Waals surface area contributed by atoms with Crippen LogP contribution < -0.4 is 10.2 Å². The van der Waals surface area contributed by atoms with Crippen molar-refractivity contribution in [1.29, 1.82) is 0 Å². The van der Waals surface area contributed by atoms with E-state index in [1.165, 1.54) is 25.0 Å². The molecule has 0 unspecified atom stereocenters. The van der Waals surface area contributed by atoms with Crippen molar-refractivity contribution in [1.82, 2.24) is 0 Å². The zero-order valence-corrected chi connectivity index (χ0v) is 16.7. The molecule has 1 spiro atoms. The van der Waals surface area contributed by atoms with Gasteiger partial charge >= 0.3 is 6.18 Å². The highest BCUT2D eigenvalue weighted by Crippen LogP contribution is 2.46. The van der Waals surface area contributed by atoms with Gasteiger partial charge in [-0.05, 0) is 61.1 Å². The van der Waals surface area contributed by atoms with E-state index in [1.807, 2.05) is 6.07 Å². The maximum absolute atomic E-state index is 12.7. The highest BCUT2D eigenvalue weighted by atomic mass is 19.4. The molecular formula is C23H25F3N2O2. The summed E-state index contributed by atoms with van der Waals surface area (Å²) in [6, 6.07) is 11.4. The monoisotopic (exact) mass is 418 g/mol. The second kappa shape index (κ2) is 7.46. The zero-order chi connectivity index (χ0) is 20.8. The maximum Gasteiger partial charge on any atom is 0.416 e. The number of nitrogens with zero attached hydrogens (tertiary/aromatic N) is 1. The second-order valence-corrected chi connectivity index (χ2v) is 8.41. The van der Waals surface area contributed by atoms with Crippen molar-refractivity contribution >= 4 is 11.4 Å². The van der Waals surface area contributed by atoms with Gasteiger partial charge in [-0.1, -0.05) is 12.1 Å². The molecule has 1 N–H and O–H groups in total. The fraction of sp³-hybridized carbons (Fsp3) is 0.478. The highest BCUT2D eigenvalue weighted by molar-refractivity contribution is 5.66. The van der Waals surface area contributed by atoms with Crippen LogP contribution in [0.25, 0.3) is 0 Å². The molecule has 1 aliphatic carbocycles. The third-order valence-electron chi connectivity index (χ3n) is 6.06. The van der Waals surface area contributed by atoms with E-state index >= 15 is 0 Å². The summed E-state index contributed by atoms with van der Waals surface area (Å²) in [5, 5.41) is 3.33. The van der Waals surface area contributed by atoms with Crippen molar-refractivity contribution in [2.45, 2.75) is 37.8 Å². The van der Waals surface area contributed by atoms with Crippen molar-refractivity contribution in [2.75, 3.05) is 36.5 Å². The van der Waals surface area contributed by atoms with Gasteiger partial charge in [0.25, 0.3) is 0 Å². The Labute approximate surface area is 174 Å². The molecule has 30 heavy (non-hydrogen) atoms. The first-order valence-corrected chi connectivity index (χ1v) is 10.5. The van der Waals surface area contributed by atoms with E-state index in [-0.39, 0.29) is 0 Å². The summed E-state index contributed by atoms with van der Waals surface area (Å²) >= 11 is 0. The largest absolute Gasteiger partial charge is 0.416 e. The fourth-order valence-electron chi connectivity index (χ4n) is 4.26. The van der Waals surface area contributed by atoms with Gasteiger partial charge in [-0.2, -0.15) is 13.2 Å². The first-order chi connectivity index (χ1) is 14.4. The normalized spacial score (nSPS) is 20.4. The predicted molar refractivity (Wildman–Crippen MR) is 108 cm³/mol. The number of nitrogens with one attached hydrogen (secondary N) is 1. The topological polar surface area (TPSA) is 33.7 Å². The number of benzene rings is 2. The Morgan fingerprint density at radius 3 is 2.43 bits per heavy atom. The molecule has 2 aliphatic heterocycles. The van der Waals surface area contributed by atoms with Crippen LogP contribution in [0.4, 0.5) is 24.5 Å². The summed E-state index contributed by atoms with van der Waals surface area (Å²) in [4.78, 5) is 2.37. The van der Waals surface area contributed by atoms with Gasteiger partial charge in [0.15, 0.2) is 0 Å². The van der Waals surface area contributed by atoms with Gasteiger partial charge in [0.05, 0.1) is 25.3 Å². The Morgan fingerprint density at radius 1 is 1.03 bits per heavy atom. The van der Waals surface area contributed by atoms with E-state index in [0.717, 1.165) is 53.5 Å². The van der Waals surface area contributed by atoms with E-state index in [4.69, 9.17) is 9.47 Å². The number of ether oxygens (including phenoxy) is 2. The minimum atomic E-state index is -4.31. The summed E-state index contributed by atoms with van der Waals surface area (Å²) in [5.74, 6) is 0.0446. The maximum atomic E-state index is 12.7. The van der Waals surface area contributed by atoms with E-state index in [1.54, 1.807) is 0 Å². The van der Waals surface area contributed by atoms with Gasteiger partial charge in [0.1, 0.15) is 0 Å². The highest BCUT2D eigenvalue weighted by Gasteiger charge is 2.47. The number of halogens is 3. The number of hydrogen-bond donors (Lipinski definition) is 1. The summed E-state index contributed by atoms with van der Waals surface area (Å²) in [6.45, 7) is 3.54. The van der Waals surface area contributed by atoms with Crippen LogP contribution in [0.3, 0.4) is 0 Å². The SMILES string of the molecule is FC(F)(F)c1ccc(CNc2ccc3c(c2)C2(CN3CC3CC3)OCCCO2)cc1. The Morgan fingerprint density at radius 2 is 1.77 bits per heavy atom. The molecule has 1 saturated carbocycles. The lowest BCUT2D eigenvalue weighted by Crippen LogP contribution is -2.42. The lowest BCUT2D eigenvalue weighted by Gasteiger charge is -2.34. The molecule has 1 saturated heterocycles. The average molecular weight is 418 g/mol. The third kappa shape index (κ3) is 3.88. The molecule has 7 heteroatoms. The Kier molecular flexibility index (Phi) is 4.90. The van der Waals surface area contributed by atoms with Crippen LogP contribution in [-0.4, -0.2) is 26.3 Å². The Bertz CT molecular complexity index is 904. The molecule has 2 aromatic carbocycles. The number of alkyl halides is 3. The van der Waals surface area contributed by atoms with Crippen LogP contribution in [0.15, 0.2) is 42.5 Å². The molecule has 0 atom stereocenters. The minimum Gasteiger partial charge on any atom is -0.381 e. The molecule has 0 radical (unpaired) electrons. The number of rotatable bonds is 5. The first kappa shape index (κ1) is 19.7. The molecular weight excluding hydrogens is 393 g/mol. The van der Waals surface area contributed by atoms with E-state index in [9.17, 15) is 13.2 Å². The summed E-state index contributed by atoms with van der Waals surface area (Å²) in [5.41, 5.74) is 3.26. The van der Waals surface area contributed by atoms with E-state index < -0.39 is 17.5 Å². The van der Waals surface area contributed by atoms with E-state index in [2.05, 4.69) is 22.3 Å². The minimum absolute atomic E-state index is 0.442. The van der Waals surface area contributed by atoms with Crippen molar-refractivity contribution in [3.05, 3.63) is 59.2 Å². The van der Waals surface area contributed by atoms with Crippen molar-refractivity contribution in [3.8, 4) is 0 Å². The molecule has 2 fully saturated rings. The lowest BCUT2D eigenvalue weighted by atomic mass is 10.1. The Balaban J connectivity index is 1.34. The van der Waals surface area contributed by atoms with Gasteiger partial charge in [-0.15, -0.1) is 0 Å². The van der Waals surface area contributed by atoms with Crippen LogP contribution in [0.1, 0.15) is 36.0 Å². The standard InChI is InChI=1S/C23H25F3N2O2/c24-23(25,26)18-6-4-16(5-7-18)13-27-19-8-9-21-20(12-19)22(29-10-1-11-30-22)15-28(21)14-17-2-3-17/h4-9,12,17,27H,1-3,10-11,13-15H2. The molecule has 3 aliphatic rings. The van der Waals surface area contributed by atoms with Crippen LogP contribution in [0.5, 0.6) is 0 Å². The summed E-state index contributed by atoms with van der Waals surface area (Å²) in [6.07, 6.45) is -0.848. The van der Waals surface area contributed by atoms with Gasteiger partial charge in [-0.25, -0.2) is 0 Å². The second-order valence-electron chi connectivity index (χ2n) is 8.41. The van der Waals surface area contributed by atoms with Crippen molar-refractivity contribution < 1.29 is 22.6 Å². The van der Waals surface area contributed by atoms with Gasteiger partial charge < -0.3 is 19.7 Å². The molecule has 2 aromatic rings. The molecule has 0 bridgehead atoms. The number of hydrogen-bond acceptors (Lipinski definition) is 4. The number of anilines is 2. The zero-order valence-electron chi connectivity index (χ0n) is 16.7. The Hall–Kier alpha value is -2.25. The smallest absolute Gasteiger partial charge is 0.381 e. The van der Waals surface area contributed by atoms with E-state index in [0.29, 0.717) is 26.3 Å². The molecule has 0 aromatic heterocycles. The van der Waals surface area contributed by atoms with Crippen molar-refractivity contribution in [3.63, 3.8) is 0 Å². The fourth-order valence-corrected chi connectivity index (χ4v) is 4.26. The molecule has 5 rings (SSSR count). The van der Waals surface area contributed by atoms with Crippen LogP contribution in [-0.2, 0) is 28.0 Å². The average Bonchev–Trinajstić information content (AvgIpc) is 3.51. The van der Waals surface area contributed by atoms with Gasteiger partial charge in [0.2, 0.25) is 5.79 Å². The third-order valence-corrected chi connectivity index (χ3v) is 6.06. The molecule has 0 amide bonds. The molecule has 4 nitrogen and oxygen atoms in total. The van der Waals surface area contributed by atoms with Gasteiger partial charge in [0, 0.05) is 30.0 Å². The summed E-state index contributed by atoms with van der Waals surface area (Å²) in [7, 11) is 0. The molecule has 160 valence electrons. The van der Waals surface area contributed by atoms with Crippen LogP contribution in [0, 0.1) is 5.92 Å². The molecule has 2 heterocycles. The van der Waals surface area contributed by atoms with Crippen LogP contribution in [0.2, 0.25) is 0 Å².